The van der Waals surface area contributed by atoms with Crippen molar-refractivity contribution in [2.24, 2.45) is 11.8 Å². The second-order valence-corrected chi connectivity index (χ2v) is 7.07. The summed E-state index contributed by atoms with van der Waals surface area (Å²) in [4.78, 5) is 2.68. The van der Waals surface area contributed by atoms with Gasteiger partial charge in [0.05, 0.1) is 0 Å². The van der Waals surface area contributed by atoms with Crippen LogP contribution in [0.25, 0.3) is 0 Å². The van der Waals surface area contributed by atoms with Crippen LogP contribution in [0.2, 0.25) is 0 Å². The first-order valence-electron chi connectivity index (χ1n) is 8.23. The highest BCUT2D eigenvalue weighted by Gasteiger charge is 2.30. The molecule has 0 amide bonds. The summed E-state index contributed by atoms with van der Waals surface area (Å²) in [5, 5.41) is 3.62. The summed E-state index contributed by atoms with van der Waals surface area (Å²) in [6.45, 7) is 10.8. The minimum absolute atomic E-state index is 0.763. The molecule has 1 aliphatic carbocycles. The minimum Gasteiger partial charge on any atom is -0.316 e. The van der Waals surface area contributed by atoms with Gasteiger partial charge in [-0.15, -0.1) is 0 Å². The SMILES string of the molecule is CC(C)CNCC1CCN(CC2Cc3ccccc32)C1. The van der Waals surface area contributed by atoms with Gasteiger partial charge < -0.3 is 10.2 Å². The van der Waals surface area contributed by atoms with Crippen LogP contribution < -0.4 is 5.32 Å². The van der Waals surface area contributed by atoms with Gasteiger partial charge in [-0.2, -0.15) is 0 Å². The summed E-state index contributed by atoms with van der Waals surface area (Å²) in [7, 11) is 0. The molecule has 20 heavy (non-hydrogen) atoms. The van der Waals surface area contributed by atoms with Crippen LogP contribution >= 0.6 is 0 Å². The molecule has 110 valence electrons. The lowest BCUT2D eigenvalue weighted by molar-refractivity contribution is 0.288. The highest BCUT2D eigenvalue weighted by molar-refractivity contribution is 5.40. The molecule has 0 saturated carbocycles. The molecule has 1 aromatic carbocycles. The maximum absolute atomic E-state index is 3.62. The quantitative estimate of drug-likeness (QED) is 0.856. The Balaban J connectivity index is 1.41. The second-order valence-electron chi connectivity index (χ2n) is 7.07. The van der Waals surface area contributed by atoms with Gasteiger partial charge in [0.2, 0.25) is 0 Å². The maximum Gasteiger partial charge on any atom is 0.00537 e. The van der Waals surface area contributed by atoms with Gasteiger partial charge >= 0.3 is 0 Å². The molecule has 0 spiro atoms. The molecule has 1 heterocycles. The number of likely N-dealkylation sites (tertiary alicyclic amines) is 1. The molecule has 2 heteroatoms. The number of nitrogens with zero attached hydrogens (tertiary/aromatic N) is 1. The molecule has 1 N–H and O–H groups in total. The van der Waals surface area contributed by atoms with Crippen molar-refractivity contribution in [3.63, 3.8) is 0 Å². The van der Waals surface area contributed by atoms with Crippen LogP contribution in [0.1, 0.15) is 37.3 Å². The molecule has 1 aromatic rings. The average Bonchev–Trinajstić information content (AvgIpc) is 2.83. The number of rotatable bonds is 6. The van der Waals surface area contributed by atoms with E-state index < -0.39 is 0 Å². The highest BCUT2D eigenvalue weighted by Crippen LogP contribution is 2.36. The molecule has 0 radical (unpaired) electrons. The Morgan fingerprint density at radius 2 is 2.15 bits per heavy atom. The monoisotopic (exact) mass is 272 g/mol. The summed E-state index contributed by atoms with van der Waals surface area (Å²) < 4.78 is 0. The van der Waals surface area contributed by atoms with Crippen LogP contribution in [0.5, 0.6) is 0 Å². The molecule has 0 bridgehead atoms. The van der Waals surface area contributed by atoms with E-state index in [4.69, 9.17) is 0 Å². The van der Waals surface area contributed by atoms with Crippen LogP contribution in [0.15, 0.2) is 24.3 Å². The number of benzene rings is 1. The van der Waals surface area contributed by atoms with Crippen LogP contribution in [0.3, 0.4) is 0 Å². The maximum atomic E-state index is 3.62. The molecule has 2 atom stereocenters. The van der Waals surface area contributed by atoms with Crippen molar-refractivity contribution in [1.82, 2.24) is 10.2 Å². The molecule has 1 aliphatic heterocycles. The fraction of sp³-hybridized carbons (Fsp3) is 0.667. The Labute approximate surface area is 123 Å². The van der Waals surface area contributed by atoms with Crippen LogP contribution in [-0.2, 0) is 6.42 Å². The predicted molar refractivity (Wildman–Crippen MR) is 85.1 cm³/mol. The Morgan fingerprint density at radius 1 is 1.30 bits per heavy atom. The third kappa shape index (κ3) is 3.24. The minimum atomic E-state index is 0.763. The Hall–Kier alpha value is -0.860. The molecule has 3 rings (SSSR count). The van der Waals surface area contributed by atoms with Crippen molar-refractivity contribution in [3.8, 4) is 0 Å². The van der Waals surface area contributed by atoms with E-state index in [-0.39, 0.29) is 0 Å². The first kappa shape index (κ1) is 14.1. The van der Waals surface area contributed by atoms with Gasteiger partial charge in [-0.05, 0) is 55.4 Å². The van der Waals surface area contributed by atoms with E-state index >= 15 is 0 Å². The van der Waals surface area contributed by atoms with Gasteiger partial charge in [-0.3, -0.25) is 0 Å². The van der Waals surface area contributed by atoms with Crippen molar-refractivity contribution < 1.29 is 0 Å². The zero-order chi connectivity index (χ0) is 13.9. The van der Waals surface area contributed by atoms with E-state index in [0.29, 0.717) is 0 Å². The summed E-state index contributed by atoms with van der Waals surface area (Å²) in [5.74, 6) is 2.43. The van der Waals surface area contributed by atoms with Gasteiger partial charge in [0.25, 0.3) is 0 Å². The topological polar surface area (TPSA) is 15.3 Å². The van der Waals surface area contributed by atoms with Crippen molar-refractivity contribution in [3.05, 3.63) is 35.4 Å². The van der Waals surface area contributed by atoms with Gasteiger partial charge in [-0.25, -0.2) is 0 Å². The average molecular weight is 272 g/mol. The summed E-state index contributed by atoms with van der Waals surface area (Å²) in [5.41, 5.74) is 3.18. The second kappa shape index (κ2) is 6.28. The lowest BCUT2D eigenvalue weighted by Gasteiger charge is -2.33. The first-order chi connectivity index (χ1) is 9.72. The van der Waals surface area contributed by atoms with E-state index in [2.05, 4.69) is 48.3 Å². The third-order valence-corrected chi connectivity index (χ3v) is 4.80. The van der Waals surface area contributed by atoms with Crippen LogP contribution in [0.4, 0.5) is 0 Å². The molecule has 1 saturated heterocycles. The normalized spacial score (nSPS) is 25.8. The number of hydrogen-bond donors (Lipinski definition) is 1. The summed E-state index contributed by atoms with van der Waals surface area (Å²) in [6.07, 6.45) is 2.67. The Bertz CT molecular complexity index is 441. The van der Waals surface area contributed by atoms with E-state index in [1.807, 2.05) is 0 Å². The largest absolute Gasteiger partial charge is 0.316 e. The third-order valence-electron chi connectivity index (χ3n) is 4.80. The Kier molecular flexibility index (Phi) is 4.42. The molecular weight excluding hydrogens is 244 g/mol. The lowest BCUT2D eigenvalue weighted by atomic mass is 9.77. The van der Waals surface area contributed by atoms with Crippen molar-refractivity contribution in [2.45, 2.75) is 32.6 Å². The van der Waals surface area contributed by atoms with Crippen LogP contribution in [-0.4, -0.2) is 37.6 Å². The molecule has 2 aliphatic rings. The van der Waals surface area contributed by atoms with E-state index in [9.17, 15) is 0 Å². The zero-order valence-corrected chi connectivity index (χ0v) is 12.9. The molecule has 2 nitrogen and oxygen atoms in total. The fourth-order valence-corrected chi connectivity index (χ4v) is 3.66. The number of nitrogens with one attached hydrogen (secondary N) is 1. The van der Waals surface area contributed by atoms with Crippen LogP contribution in [0, 0.1) is 11.8 Å². The lowest BCUT2D eigenvalue weighted by Crippen LogP contribution is -2.33. The number of hydrogen-bond acceptors (Lipinski definition) is 2. The Morgan fingerprint density at radius 3 is 2.95 bits per heavy atom. The van der Waals surface area contributed by atoms with Gasteiger partial charge in [0, 0.05) is 19.0 Å². The molecule has 0 aromatic heterocycles. The van der Waals surface area contributed by atoms with Crippen molar-refractivity contribution >= 4 is 0 Å². The molecule has 2 unspecified atom stereocenters. The summed E-state index contributed by atoms with van der Waals surface area (Å²) in [6, 6.07) is 8.96. The summed E-state index contributed by atoms with van der Waals surface area (Å²) >= 11 is 0. The van der Waals surface area contributed by atoms with Gasteiger partial charge in [0.1, 0.15) is 0 Å². The van der Waals surface area contributed by atoms with E-state index in [0.717, 1.165) is 24.3 Å². The first-order valence-corrected chi connectivity index (χ1v) is 8.23. The van der Waals surface area contributed by atoms with E-state index in [1.165, 1.54) is 39.0 Å². The zero-order valence-electron chi connectivity index (χ0n) is 12.9. The standard InChI is InChI=1S/C18H28N2/c1-14(2)10-19-11-15-7-8-20(12-15)13-17-9-16-5-3-4-6-18(16)17/h3-6,14-15,17,19H,7-13H2,1-2H3. The fourth-order valence-electron chi connectivity index (χ4n) is 3.66. The van der Waals surface area contributed by atoms with E-state index in [1.54, 1.807) is 11.1 Å². The highest BCUT2D eigenvalue weighted by atomic mass is 15.2. The molecule has 1 fully saturated rings. The van der Waals surface area contributed by atoms with Gasteiger partial charge in [-0.1, -0.05) is 38.1 Å². The van der Waals surface area contributed by atoms with Crippen molar-refractivity contribution in [2.75, 3.05) is 32.7 Å². The van der Waals surface area contributed by atoms with Gasteiger partial charge in [0.15, 0.2) is 0 Å². The molecular formula is C18H28N2. The smallest absolute Gasteiger partial charge is 0.00537 e. The van der Waals surface area contributed by atoms with Crippen molar-refractivity contribution in [1.29, 1.82) is 0 Å². The predicted octanol–water partition coefficient (Wildman–Crippen LogP) is 2.89. The number of fused-ring (bicyclic) bond motifs is 1.